The predicted molar refractivity (Wildman–Crippen MR) is 75.6 cm³/mol. The second-order valence-corrected chi connectivity index (χ2v) is 5.75. The lowest BCUT2D eigenvalue weighted by atomic mass is 9.95. The van der Waals surface area contributed by atoms with E-state index in [1.807, 2.05) is 11.8 Å². The van der Waals surface area contributed by atoms with E-state index in [9.17, 15) is 4.79 Å². The van der Waals surface area contributed by atoms with Gasteiger partial charge in [-0.1, -0.05) is 0 Å². The summed E-state index contributed by atoms with van der Waals surface area (Å²) >= 11 is 1.94. The predicted octanol–water partition coefficient (Wildman–Crippen LogP) is 2.94. The second kappa shape index (κ2) is 6.84. The number of aromatic nitrogens is 1. The first-order chi connectivity index (χ1) is 9.22. The number of rotatable bonds is 5. The molecular formula is C13H20N2O3S. The van der Waals surface area contributed by atoms with Gasteiger partial charge in [-0.15, -0.1) is 0 Å². The van der Waals surface area contributed by atoms with Gasteiger partial charge in [-0.2, -0.15) is 16.7 Å². The Balaban J connectivity index is 1.85. The van der Waals surface area contributed by atoms with E-state index < -0.39 is 5.97 Å². The van der Waals surface area contributed by atoms with Gasteiger partial charge >= 0.3 is 5.97 Å². The molecule has 1 aromatic rings. The van der Waals surface area contributed by atoms with Gasteiger partial charge < -0.3 is 14.5 Å². The van der Waals surface area contributed by atoms with Crippen molar-refractivity contribution in [2.75, 3.05) is 18.2 Å². The molecule has 1 aromatic heterocycles. The molecular weight excluding hydrogens is 264 g/mol. The van der Waals surface area contributed by atoms with Crippen molar-refractivity contribution < 1.29 is 13.9 Å². The summed E-state index contributed by atoms with van der Waals surface area (Å²) in [5, 5.41) is 4.02. The van der Waals surface area contributed by atoms with E-state index in [0.29, 0.717) is 18.7 Å². The molecule has 0 spiro atoms. The molecule has 106 valence electrons. The van der Waals surface area contributed by atoms with E-state index in [0.717, 1.165) is 18.1 Å². The standard InChI is InChI=1S/C13H20N2O3S/c1-3-17-12(16)11-8-18-13(15-11)14-9-4-6-10(19-2)7-5-9/h8-10H,3-7H2,1-2H3,(H,14,15). The third kappa shape index (κ3) is 3.89. The summed E-state index contributed by atoms with van der Waals surface area (Å²) in [7, 11) is 0. The minimum absolute atomic E-state index is 0.224. The van der Waals surface area contributed by atoms with E-state index in [1.54, 1.807) is 6.92 Å². The maximum absolute atomic E-state index is 11.5. The van der Waals surface area contributed by atoms with E-state index >= 15 is 0 Å². The zero-order chi connectivity index (χ0) is 13.7. The van der Waals surface area contributed by atoms with E-state index in [1.165, 1.54) is 19.1 Å². The highest BCUT2D eigenvalue weighted by molar-refractivity contribution is 7.99. The third-order valence-corrected chi connectivity index (χ3v) is 4.46. The van der Waals surface area contributed by atoms with Crippen molar-refractivity contribution in [1.82, 2.24) is 4.98 Å². The Labute approximate surface area is 117 Å². The SMILES string of the molecule is CCOC(=O)c1coc(NC2CCC(SC)CC2)n1. The minimum Gasteiger partial charge on any atom is -0.461 e. The summed E-state index contributed by atoms with van der Waals surface area (Å²) < 4.78 is 10.1. The Bertz CT molecular complexity index is 414. The zero-order valence-corrected chi connectivity index (χ0v) is 12.2. The number of hydrogen-bond acceptors (Lipinski definition) is 6. The fourth-order valence-electron chi connectivity index (χ4n) is 2.26. The first-order valence-electron chi connectivity index (χ1n) is 6.65. The van der Waals surface area contributed by atoms with Crippen molar-refractivity contribution in [3.05, 3.63) is 12.0 Å². The van der Waals surface area contributed by atoms with E-state index in [4.69, 9.17) is 9.15 Å². The lowest BCUT2D eigenvalue weighted by Crippen LogP contribution is -2.27. The average Bonchev–Trinajstić information content (AvgIpc) is 2.88. The van der Waals surface area contributed by atoms with Gasteiger partial charge in [0.2, 0.25) is 0 Å². The topological polar surface area (TPSA) is 64.4 Å². The fourth-order valence-corrected chi connectivity index (χ4v) is 3.00. The molecule has 0 atom stereocenters. The van der Waals surface area contributed by atoms with Crippen LogP contribution in [0.15, 0.2) is 10.7 Å². The number of nitrogens with zero attached hydrogens (tertiary/aromatic N) is 1. The lowest BCUT2D eigenvalue weighted by molar-refractivity contribution is 0.0519. The monoisotopic (exact) mass is 284 g/mol. The van der Waals surface area contributed by atoms with Crippen LogP contribution in [-0.2, 0) is 4.74 Å². The molecule has 1 fully saturated rings. The number of carbonyl (C=O) groups excluding carboxylic acids is 1. The molecule has 6 heteroatoms. The number of nitrogens with one attached hydrogen (secondary N) is 1. The van der Waals surface area contributed by atoms with Crippen LogP contribution in [0.2, 0.25) is 0 Å². The Kier molecular flexibility index (Phi) is 5.13. The maximum Gasteiger partial charge on any atom is 0.360 e. The molecule has 5 nitrogen and oxygen atoms in total. The molecule has 0 radical (unpaired) electrons. The Morgan fingerprint density at radius 3 is 2.89 bits per heavy atom. The van der Waals surface area contributed by atoms with Crippen LogP contribution in [0.5, 0.6) is 0 Å². The molecule has 0 unspecified atom stereocenters. The van der Waals surface area contributed by atoms with Crippen LogP contribution in [0, 0.1) is 0 Å². The van der Waals surface area contributed by atoms with Crippen LogP contribution in [0.3, 0.4) is 0 Å². The highest BCUT2D eigenvalue weighted by Gasteiger charge is 2.22. The molecule has 1 saturated carbocycles. The molecule has 1 aliphatic carbocycles. The van der Waals surface area contributed by atoms with Gasteiger partial charge in [0, 0.05) is 11.3 Å². The van der Waals surface area contributed by atoms with Crippen LogP contribution < -0.4 is 5.32 Å². The molecule has 0 aliphatic heterocycles. The molecule has 2 rings (SSSR count). The molecule has 19 heavy (non-hydrogen) atoms. The number of carbonyl (C=O) groups is 1. The average molecular weight is 284 g/mol. The number of thioether (sulfide) groups is 1. The Morgan fingerprint density at radius 2 is 2.26 bits per heavy atom. The smallest absolute Gasteiger partial charge is 0.360 e. The van der Waals surface area contributed by atoms with Crippen LogP contribution >= 0.6 is 11.8 Å². The normalized spacial score (nSPS) is 23.1. The number of ether oxygens (including phenoxy) is 1. The Hall–Kier alpha value is -1.17. The molecule has 1 heterocycles. The number of oxazole rings is 1. The fraction of sp³-hybridized carbons (Fsp3) is 0.692. The van der Waals surface area contributed by atoms with Gasteiger partial charge in [-0.25, -0.2) is 4.79 Å². The van der Waals surface area contributed by atoms with Crippen LogP contribution in [0.1, 0.15) is 43.1 Å². The largest absolute Gasteiger partial charge is 0.461 e. The first kappa shape index (κ1) is 14.2. The Morgan fingerprint density at radius 1 is 1.53 bits per heavy atom. The quantitative estimate of drug-likeness (QED) is 0.839. The van der Waals surface area contributed by atoms with E-state index in [2.05, 4.69) is 16.6 Å². The van der Waals surface area contributed by atoms with Crippen molar-refractivity contribution in [2.45, 2.75) is 43.9 Å². The molecule has 0 amide bonds. The van der Waals surface area contributed by atoms with E-state index in [-0.39, 0.29) is 5.69 Å². The highest BCUT2D eigenvalue weighted by atomic mass is 32.2. The second-order valence-electron chi connectivity index (χ2n) is 4.61. The van der Waals surface area contributed by atoms with Gasteiger partial charge in [0.05, 0.1) is 6.61 Å². The van der Waals surface area contributed by atoms with Crippen molar-refractivity contribution in [3.63, 3.8) is 0 Å². The van der Waals surface area contributed by atoms with Crippen LogP contribution in [0.4, 0.5) is 6.01 Å². The van der Waals surface area contributed by atoms with Gasteiger partial charge in [0.25, 0.3) is 6.01 Å². The van der Waals surface area contributed by atoms with Crippen LogP contribution in [-0.4, -0.2) is 35.1 Å². The van der Waals surface area contributed by atoms with Gasteiger partial charge in [0.15, 0.2) is 5.69 Å². The third-order valence-electron chi connectivity index (χ3n) is 3.32. The number of hydrogen-bond donors (Lipinski definition) is 1. The van der Waals surface area contributed by atoms with Gasteiger partial charge in [-0.05, 0) is 38.9 Å². The highest BCUT2D eigenvalue weighted by Crippen LogP contribution is 2.28. The summed E-state index contributed by atoms with van der Waals surface area (Å²) in [6, 6.07) is 0.799. The summed E-state index contributed by atoms with van der Waals surface area (Å²) in [5.74, 6) is -0.439. The van der Waals surface area contributed by atoms with Crippen molar-refractivity contribution >= 4 is 23.7 Å². The number of anilines is 1. The minimum atomic E-state index is -0.439. The number of esters is 1. The van der Waals surface area contributed by atoms with Gasteiger partial charge in [0.1, 0.15) is 6.26 Å². The van der Waals surface area contributed by atoms with Crippen molar-refractivity contribution in [2.24, 2.45) is 0 Å². The van der Waals surface area contributed by atoms with Gasteiger partial charge in [-0.3, -0.25) is 0 Å². The molecule has 0 aromatic carbocycles. The summed E-state index contributed by atoms with van der Waals surface area (Å²) in [6.07, 6.45) is 8.16. The maximum atomic E-state index is 11.5. The zero-order valence-electron chi connectivity index (χ0n) is 11.3. The summed E-state index contributed by atoms with van der Waals surface area (Å²) in [4.78, 5) is 15.6. The summed E-state index contributed by atoms with van der Waals surface area (Å²) in [6.45, 7) is 2.11. The lowest BCUT2D eigenvalue weighted by Gasteiger charge is -2.27. The molecule has 1 aliphatic rings. The molecule has 0 saturated heterocycles. The summed E-state index contributed by atoms with van der Waals surface area (Å²) in [5.41, 5.74) is 0.224. The molecule has 0 bridgehead atoms. The first-order valence-corrected chi connectivity index (χ1v) is 7.93. The van der Waals surface area contributed by atoms with Crippen molar-refractivity contribution in [1.29, 1.82) is 0 Å². The molecule has 1 N–H and O–H groups in total. The van der Waals surface area contributed by atoms with Crippen LogP contribution in [0.25, 0.3) is 0 Å². The van der Waals surface area contributed by atoms with Crippen molar-refractivity contribution in [3.8, 4) is 0 Å².